The second kappa shape index (κ2) is 9.39. The number of amides is 1. The average molecular weight is 437 g/mol. The van der Waals surface area contributed by atoms with E-state index in [2.05, 4.69) is 16.9 Å². The van der Waals surface area contributed by atoms with Crippen LogP contribution in [0, 0.1) is 10.1 Å². The number of sulfone groups is 1. The number of rotatable bonds is 7. The first-order chi connectivity index (χ1) is 14.1. The molecule has 1 heterocycles. The Hall–Kier alpha value is -3.41. The van der Waals surface area contributed by atoms with Gasteiger partial charge in [-0.1, -0.05) is 30.3 Å². The zero-order valence-corrected chi connectivity index (χ0v) is 17.4. The molecule has 2 rings (SSSR count). The Kier molecular flexibility index (Phi) is 7.16. The summed E-state index contributed by atoms with van der Waals surface area (Å²) in [5.74, 6) is -0.518. The van der Waals surface area contributed by atoms with Crippen molar-refractivity contribution in [2.24, 2.45) is 10.7 Å². The highest BCUT2D eigenvalue weighted by Crippen LogP contribution is 2.23. The summed E-state index contributed by atoms with van der Waals surface area (Å²) in [7, 11) is -3.89. The second-order valence-electron chi connectivity index (χ2n) is 6.40. The fraction of sp³-hybridized carbons (Fsp3) is 0.333. The number of benzene rings is 1. The van der Waals surface area contributed by atoms with Crippen LogP contribution in [-0.2, 0) is 27.5 Å². The van der Waals surface area contributed by atoms with E-state index >= 15 is 0 Å². The van der Waals surface area contributed by atoms with Crippen molar-refractivity contribution < 1.29 is 22.9 Å². The van der Waals surface area contributed by atoms with E-state index in [0.717, 1.165) is 16.7 Å². The SMILES string of the molecule is C=CCc1cccc(CN(C(=O)OCC)C2N=C(S(C)(=O)=O)NC(N)=C2[N+](=O)[O-])c1. The van der Waals surface area contributed by atoms with Crippen molar-refractivity contribution in [1.82, 2.24) is 10.2 Å². The van der Waals surface area contributed by atoms with Gasteiger partial charge < -0.3 is 15.8 Å². The second-order valence-corrected chi connectivity index (χ2v) is 8.33. The Morgan fingerprint density at radius 3 is 2.70 bits per heavy atom. The minimum absolute atomic E-state index is 0.00640. The van der Waals surface area contributed by atoms with Crippen LogP contribution >= 0.6 is 0 Å². The number of nitrogens with one attached hydrogen (secondary N) is 1. The van der Waals surface area contributed by atoms with Crippen LogP contribution in [0.3, 0.4) is 0 Å². The average Bonchev–Trinajstić information content (AvgIpc) is 2.65. The lowest BCUT2D eigenvalue weighted by atomic mass is 10.1. The van der Waals surface area contributed by atoms with Crippen molar-refractivity contribution in [3.63, 3.8) is 0 Å². The molecule has 1 aromatic carbocycles. The first-order valence-corrected chi connectivity index (χ1v) is 10.8. The molecule has 1 amide bonds. The number of nitrogens with zero attached hydrogens (tertiary/aromatic N) is 3. The summed E-state index contributed by atoms with van der Waals surface area (Å²) < 4.78 is 29.0. The number of nitro groups is 1. The number of aliphatic imine (C=N–C) groups is 1. The highest BCUT2D eigenvalue weighted by atomic mass is 32.2. The molecule has 1 atom stereocenters. The predicted molar refractivity (Wildman–Crippen MR) is 110 cm³/mol. The van der Waals surface area contributed by atoms with Crippen LogP contribution in [0.15, 0.2) is 53.4 Å². The van der Waals surface area contributed by atoms with E-state index < -0.39 is 43.7 Å². The molecule has 1 aliphatic heterocycles. The van der Waals surface area contributed by atoms with E-state index in [1.165, 1.54) is 0 Å². The number of carbonyl (C=O) groups excluding carboxylic acids is 1. The number of amidine groups is 1. The van der Waals surface area contributed by atoms with E-state index in [4.69, 9.17) is 10.5 Å². The van der Waals surface area contributed by atoms with Crippen LogP contribution in [0.5, 0.6) is 0 Å². The van der Waals surface area contributed by atoms with Crippen LogP contribution in [0.25, 0.3) is 0 Å². The molecule has 11 nitrogen and oxygen atoms in total. The number of hydrogen-bond donors (Lipinski definition) is 2. The zero-order valence-electron chi connectivity index (χ0n) is 16.6. The maximum Gasteiger partial charge on any atom is 0.412 e. The lowest BCUT2D eigenvalue weighted by Crippen LogP contribution is -2.49. The summed E-state index contributed by atoms with van der Waals surface area (Å²) in [4.78, 5) is 28.3. The maximum atomic E-state index is 12.7. The molecule has 0 aliphatic carbocycles. The number of carbonyl (C=O) groups is 1. The van der Waals surface area contributed by atoms with Crippen LogP contribution in [-0.4, -0.2) is 48.5 Å². The van der Waals surface area contributed by atoms with Gasteiger partial charge in [0.15, 0.2) is 5.82 Å². The van der Waals surface area contributed by atoms with E-state index in [9.17, 15) is 23.3 Å². The molecular formula is C18H23N5O6S. The van der Waals surface area contributed by atoms with E-state index in [0.29, 0.717) is 12.0 Å². The summed E-state index contributed by atoms with van der Waals surface area (Å²) >= 11 is 0. The fourth-order valence-corrected chi connectivity index (χ4v) is 3.38. The van der Waals surface area contributed by atoms with Crippen molar-refractivity contribution in [2.75, 3.05) is 12.9 Å². The number of allylic oxidation sites excluding steroid dienone is 1. The minimum atomic E-state index is -3.89. The molecule has 0 aromatic heterocycles. The molecule has 0 saturated carbocycles. The first-order valence-electron chi connectivity index (χ1n) is 8.89. The zero-order chi connectivity index (χ0) is 22.5. The predicted octanol–water partition coefficient (Wildman–Crippen LogP) is 1.11. The smallest absolute Gasteiger partial charge is 0.412 e. The molecule has 162 valence electrons. The van der Waals surface area contributed by atoms with Crippen LogP contribution < -0.4 is 11.1 Å². The van der Waals surface area contributed by atoms with Gasteiger partial charge in [-0.3, -0.25) is 15.0 Å². The van der Waals surface area contributed by atoms with Crippen molar-refractivity contribution in [3.8, 4) is 0 Å². The van der Waals surface area contributed by atoms with Gasteiger partial charge in [-0.25, -0.2) is 18.2 Å². The summed E-state index contributed by atoms with van der Waals surface area (Å²) in [6, 6.07) is 7.16. The van der Waals surface area contributed by atoms with Gasteiger partial charge in [0.05, 0.1) is 18.1 Å². The Labute approximate surface area is 174 Å². The van der Waals surface area contributed by atoms with E-state index in [1.54, 1.807) is 31.2 Å². The molecular weight excluding hydrogens is 414 g/mol. The molecule has 0 saturated heterocycles. The van der Waals surface area contributed by atoms with Crippen LogP contribution in [0.1, 0.15) is 18.1 Å². The van der Waals surface area contributed by atoms with Gasteiger partial charge in [0.25, 0.3) is 0 Å². The van der Waals surface area contributed by atoms with Crippen molar-refractivity contribution in [2.45, 2.75) is 26.1 Å². The summed E-state index contributed by atoms with van der Waals surface area (Å²) in [5.41, 5.74) is 6.62. The third kappa shape index (κ3) is 5.35. The monoisotopic (exact) mass is 437 g/mol. The molecule has 30 heavy (non-hydrogen) atoms. The van der Waals surface area contributed by atoms with Gasteiger partial charge in [0.1, 0.15) is 0 Å². The standard InChI is InChI=1S/C18H23N5O6S/c1-4-7-12-8-6-9-13(10-12)11-22(18(24)29-5-2)16-14(23(25)26)15(19)20-17(21-16)30(3,27)28/h4,6,8-10,16H,1,5,7,11,19H2,2-3H3,(H,20,21). The van der Waals surface area contributed by atoms with E-state index in [-0.39, 0.29) is 13.2 Å². The Morgan fingerprint density at radius 2 is 2.13 bits per heavy atom. The van der Waals surface area contributed by atoms with Gasteiger partial charge in [0, 0.05) is 6.26 Å². The Balaban J connectivity index is 2.56. The van der Waals surface area contributed by atoms with Crippen LogP contribution in [0.2, 0.25) is 0 Å². The van der Waals surface area contributed by atoms with Gasteiger partial charge in [-0.2, -0.15) is 0 Å². The number of ether oxygens (including phenoxy) is 1. The quantitative estimate of drug-likeness (QED) is 0.365. The maximum absolute atomic E-state index is 12.7. The Bertz CT molecular complexity index is 1020. The number of nitrogens with two attached hydrogens (primary N) is 1. The molecule has 0 spiro atoms. The molecule has 0 bridgehead atoms. The fourth-order valence-electron chi connectivity index (χ4n) is 2.80. The van der Waals surface area contributed by atoms with Crippen molar-refractivity contribution in [3.05, 3.63) is 69.7 Å². The van der Waals surface area contributed by atoms with Gasteiger partial charge >= 0.3 is 11.8 Å². The molecule has 1 aliphatic rings. The molecule has 1 unspecified atom stereocenters. The summed E-state index contributed by atoms with van der Waals surface area (Å²) in [6.45, 7) is 5.14. The third-order valence-corrected chi connectivity index (χ3v) is 4.98. The molecule has 0 radical (unpaired) electrons. The molecule has 3 N–H and O–H groups in total. The van der Waals surface area contributed by atoms with Crippen molar-refractivity contribution in [1.29, 1.82) is 0 Å². The lowest BCUT2D eigenvalue weighted by molar-refractivity contribution is -0.434. The Morgan fingerprint density at radius 1 is 1.47 bits per heavy atom. The first kappa shape index (κ1) is 22.9. The largest absolute Gasteiger partial charge is 0.450 e. The lowest BCUT2D eigenvalue weighted by Gasteiger charge is -2.29. The normalized spacial score (nSPS) is 16.3. The molecule has 1 aromatic rings. The van der Waals surface area contributed by atoms with Gasteiger partial charge in [0.2, 0.25) is 21.2 Å². The molecule has 0 fully saturated rings. The minimum Gasteiger partial charge on any atom is -0.450 e. The molecule has 12 heteroatoms. The topological polar surface area (TPSA) is 157 Å². The van der Waals surface area contributed by atoms with Crippen molar-refractivity contribution >= 4 is 21.1 Å². The third-order valence-electron chi connectivity index (χ3n) is 4.07. The highest BCUT2D eigenvalue weighted by molar-refractivity contribution is 8.05. The van der Waals surface area contributed by atoms with Gasteiger partial charge in [-0.05, 0) is 24.5 Å². The van der Waals surface area contributed by atoms with Crippen LogP contribution in [0.4, 0.5) is 4.79 Å². The summed E-state index contributed by atoms with van der Waals surface area (Å²) in [6.07, 6.45) is 0.666. The highest BCUT2D eigenvalue weighted by Gasteiger charge is 2.42. The summed E-state index contributed by atoms with van der Waals surface area (Å²) in [5, 5.41) is 13.3. The van der Waals surface area contributed by atoms with E-state index in [1.807, 2.05) is 6.07 Å². The number of hydrogen-bond acceptors (Lipinski definition) is 9. The van der Waals surface area contributed by atoms with Gasteiger partial charge in [-0.15, -0.1) is 6.58 Å².